The summed E-state index contributed by atoms with van der Waals surface area (Å²) in [6.07, 6.45) is 3.04. The maximum atomic E-state index is 13.0. The first-order valence-electron chi connectivity index (χ1n) is 9.30. The first kappa shape index (κ1) is 20.4. The molecule has 2 aromatic heterocycles. The second-order valence-corrected chi connectivity index (χ2v) is 9.03. The zero-order chi connectivity index (χ0) is 21.3. The minimum atomic E-state index is -0.452. The fourth-order valence-corrected chi connectivity index (χ4v) is 4.70. The maximum Gasteiger partial charge on any atom is 0.270 e. The van der Waals surface area contributed by atoms with E-state index < -0.39 is 4.92 Å². The standard InChI is InChI=1S/C20H17BrN4O4S/c21-14-3-6-18(22-10-14)23-19(26)12-2-1-7-24(11-12)20(27)17-9-13-8-15(25(28)29)4-5-16(13)30-17/h3-6,8-10,12H,1-2,7,11H2,(H,22,23,26). The number of hydrogen-bond donors (Lipinski definition) is 1. The van der Waals surface area contributed by atoms with E-state index in [4.69, 9.17) is 0 Å². The third kappa shape index (κ3) is 4.34. The highest BCUT2D eigenvalue weighted by Crippen LogP contribution is 2.30. The predicted octanol–water partition coefficient (Wildman–Crippen LogP) is 4.46. The van der Waals surface area contributed by atoms with Crippen LogP contribution in [0.25, 0.3) is 10.1 Å². The summed E-state index contributed by atoms with van der Waals surface area (Å²) in [5, 5.41) is 14.4. The third-order valence-electron chi connectivity index (χ3n) is 4.98. The van der Waals surface area contributed by atoms with Gasteiger partial charge < -0.3 is 10.2 Å². The van der Waals surface area contributed by atoms with Gasteiger partial charge in [-0.3, -0.25) is 19.7 Å². The van der Waals surface area contributed by atoms with Gasteiger partial charge in [-0.2, -0.15) is 0 Å². The van der Waals surface area contributed by atoms with Gasteiger partial charge in [0.25, 0.3) is 11.6 Å². The molecule has 10 heteroatoms. The molecule has 0 aliphatic carbocycles. The molecule has 1 N–H and O–H groups in total. The van der Waals surface area contributed by atoms with Crippen molar-refractivity contribution in [3.63, 3.8) is 0 Å². The van der Waals surface area contributed by atoms with Crippen LogP contribution in [-0.2, 0) is 4.79 Å². The molecule has 1 unspecified atom stereocenters. The number of fused-ring (bicyclic) bond motifs is 1. The summed E-state index contributed by atoms with van der Waals surface area (Å²) in [5.41, 5.74) is -0.00411. The number of carbonyl (C=O) groups excluding carboxylic acids is 2. The van der Waals surface area contributed by atoms with Gasteiger partial charge >= 0.3 is 0 Å². The number of pyridine rings is 1. The molecule has 3 aromatic rings. The summed E-state index contributed by atoms with van der Waals surface area (Å²) in [4.78, 5) is 42.5. The van der Waals surface area contributed by atoms with E-state index in [9.17, 15) is 19.7 Å². The maximum absolute atomic E-state index is 13.0. The van der Waals surface area contributed by atoms with Crippen molar-refractivity contribution in [3.8, 4) is 0 Å². The Morgan fingerprint density at radius 2 is 2.10 bits per heavy atom. The van der Waals surface area contributed by atoms with E-state index >= 15 is 0 Å². The fourth-order valence-electron chi connectivity index (χ4n) is 3.46. The fraction of sp³-hybridized carbons (Fsp3) is 0.250. The van der Waals surface area contributed by atoms with Gasteiger partial charge in [0.2, 0.25) is 5.91 Å². The Morgan fingerprint density at radius 3 is 2.83 bits per heavy atom. The Balaban J connectivity index is 1.46. The highest BCUT2D eigenvalue weighted by molar-refractivity contribution is 9.10. The van der Waals surface area contributed by atoms with E-state index in [0.29, 0.717) is 35.6 Å². The number of amides is 2. The monoisotopic (exact) mass is 488 g/mol. The molecule has 0 saturated carbocycles. The molecule has 8 nitrogen and oxygen atoms in total. The largest absolute Gasteiger partial charge is 0.337 e. The highest BCUT2D eigenvalue weighted by atomic mass is 79.9. The average Bonchev–Trinajstić information content (AvgIpc) is 3.18. The van der Waals surface area contributed by atoms with Gasteiger partial charge in [0.05, 0.1) is 15.7 Å². The summed E-state index contributed by atoms with van der Waals surface area (Å²) >= 11 is 4.61. The van der Waals surface area contributed by atoms with Crippen LogP contribution >= 0.6 is 27.3 Å². The van der Waals surface area contributed by atoms with Gasteiger partial charge in [0.15, 0.2) is 0 Å². The van der Waals surface area contributed by atoms with Crippen molar-refractivity contribution in [2.24, 2.45) is 5.92 Å². The molecular formula is C20H17BrN4O4S. The van der Waals surface area contributed by atoms with Crippen molar-refractivity contribution >= 4 is 60.7 Å². The summed E-state index contributed by atoms with van der Waals surface area (Å²) < 4.78 is 1.64. The number of carbonyl (C=O) groups is 2. The van der Waals surface area contributed by atoms with E-state index in [1.54, 1.807) is 35.4 Å². The van der Waals surface area contributed by atoms with E-state index in [2.05, 4.69) is 26.2 Å². The van der Waals surface area contributed by atoms with Crippen LogP contribution in [-0.4, -0.2) is 39.7 Å². The van der Waals surface area contributed by atoms with Crippen LogP contribution in [0, 0.1) is 16.0 Å². The molecule has 0 radical (unpaired) electrons. The number of anilines is 1. The number of benzene rings is 1. The molecule has 1 aliphatic heterocycles. The van der Waals surface area contributed by atoms with Crippen LogP contribution in [0.5, 0.6) is 0 Å². The molecule has 4 rings (SSSR count). The lowest BCUT2D eigenvalue weighted by molar-refractivity contribution is -0.384. The van der Waals surface area contributed by atoms with Crippen molar-refractivity contribution < 1.29 is 14.5 Å². The molecular weight excluding hydrogens is 472 g/mol. The number of nitrogens with one attached hydrogen (secondary N) is 1. The number of piperidine rings is 1. The molecule has 0 spiro atoms. The van der Waals surface area contributed by atoms with Gasteiger partial charge in [0.1, 0.15) is 5.82 Å². The lowest BCUT2D eigenvalue weighted by atomic mass is 9.97. The van der Waals surface area contributed by atoms with Gasteiger partial charge in [-0.1, -0.05) is 0 Å². The number of hydrogen-bond acceptors (Lipinski definition) is 6. The smallest absolute Gasteiger partial charge is 0.270 e. The van der Waals surface area contributed by atoms with Gasteiger partial charge in [0, 0.05) is 46.0 Å². The number of non-ortho nitro benzene ring substituents is 1. The quantitative estimate of drug-likeness (QED) is 0.431. The summed E-state index contributed by atoms with van der Waals surface area (Å²) in [6.45, 7) is 0.906. The van der Waals surface area contributed by atoms with E-state index in [-0.39, 0.29) is 23.4 Å². The third-order valence-corrected chi connectivity index (χ3v) is 6.55. The zero-order valence-corrected chi connectivity index (χ0v) is 18.1. The highest BCUT2D eigenvalue weighted by Gasteiger charge is 2.30. The second kappa shape index (κ2) is 8.49. The SMILES string of the molecule is O=C(Nc1ccc(Br)cn1)C1CCCN(C(=O)c2cc3cc([N+](=O)[O-])ccc3s2)C1. The van der Waals surface area contributed by atoms with Crippen molar-refractivity contribution in [2.75, 3.05) is 18.4 Å². The number of halogens is 1. The molecule has 1 aromatic carbocycles. The number of thiophene rings is 1. The number of likely N-dealkylation sites (tertiary alicyclic amines) is 1. The number of aromatic nitrogens is 1. The van der Waals surface area contributed by atoms with Crippen molar-refractivity contribution in [3.05, 3.63) is 62.1 Å². The van der Waals surface area contributed by atoms with Crippen molar-refractivity contribution in [1.29, 1.82) is 0 Å². The first-order valence-corrected chi connectivity index (χ1v) is 10.9. The lowest BCUT2D eigenvalue weighted by Gasteiger charge is -2.31. The van der Waals surface area contributed by atoms with Crippen LogP contribution in [0.4, 0.5) is 11.5 Å². The second-order valence-electron chi connectivity index (χ2n) is 7.03. The summed E-state index contributed by atoms with van der Waals surface area (Å²) in [5.74, 6) is -0.159. The van der Waals surface area contributed by atoms with E-state index in [1.165, 1.54) is 23.5 Å². The Bertz CT molecular complexity index is 1130. The molecule has 1 fully saturated rings. The number of nitrogens with zero attached hydrogens (tertiary/aromatic N) is 3. The van der Waals surface area contributed by atoms with Gasteiger partial charge in [-0.05, 0) is 53.0 Å². The molecule has 3 heterocycles. The lowest BCUT2D eigenvalue weighted by Crippen LogP contribution is -2.43. The van der Waals surface area contributed by atoms with Crippen LogP contribution in [0.1, 0.15) is 22.5 Å². The number of rotatable bonds is 4. The van der Waals surface area contributed by atoms with Crippen LogP contribution in [0.2, 0.25) is 0 Å². The summed E-state index contributed by atoms with van der Waals surface area (Å²) in [6, 6.07) is 9.76. The Hall–Kier alpha value is -2.85. The Morgan fingerprint density at radius 1 is 1.27 bits per heavy atom. The number of nitro benzene ring substituents is 1. The molecule has 1 aliphatic rings. The molecule has 154 valence electrons. The van der Waals surface area contributed by atoms with Gasteiger partial charge in [-0.15, -0.1) is 11.3 Å². The topological polar surface area (TPSA) is 105 Å². The van der Waals surface area contributed by atoms with E-state index in [1.807, 2.05) is 0 Å². The van der Waals surface area contributed by atoms with Gasteiger partial charge in [-0.25, -0.2) is 4.98 Å². The van der Waals surface area contributed by atoms with Crippen molar-refractivity contribution in [2.45, 2.75) is 12.8 Å². The van der Waals surface area contributed by atoms with Crippen LogP contribution in [0.3, 0.4) is 0 Å². The molecule has 30 heavy (non-hydrogen) atoms. The first-order chi connectivity index (χ1) is 14.4. The predicted molar refractivity (Wildman–Crippen MR) is 118 cm³/mol. The normalized spacial score (nSPS) is 16.4. The van der Waals surface area contributed by atoms with Crippen LogP contribution in [0.15, 0.2) is 47.1 Å². The summed E-state index contributed by atoms with van der Waals surface area (Å²) in [7, 11) is 0. The zero-order valence-electron chi connectivity index (χ0n) is 15.7. The van der Waals surface area contributed by atoms with Crippen molar-refractivity contribution in [1.82, 2.24) is 9.88 Å². The van der Waals surface area contributed by atoms with E-state index in [0.717, 1.165) is 15.6 Å². The molecule has 1 atom stereocenters. The molecule has 2 amide bonds. The number of nitro groups is 1. The average molecular weight is 489 g/mol. The Kier molecular flexibility index (Phi) is 5.78. The Labute approximate surface area is 184 Å². The van der Waals surface area contributed by atoms with Crippen LogP contribution < -0.4 is 5.32 Å². The molecule has 0 bridgehead atoms. The minimum Gasteiger partial charge on any atom is -0.337 e. The minimum absolute atomic E-state index is 0.00411. The molecule has 1 saturated heterocycles.